The molecule has 4 rings (SSSR count). The van der Waals surface area contributed by atoms with Gasteiger partial charge in [0.15, 0.2) is 11.5 Å². The van der Waals surface area contributed by atoms with E-state index in [1.54, 1.807) is 24.3 Å². The summed E-state index contributed by atoms with van der Waals surface area (Å²) in [6, 6.07) is 14.0. The van der Waals surface area contributed by atoms with Gasteiger partial charge in [-0.15, -0.1) is 0 Å². The van der Waals surface area contributed by atoms with E-state index < -0.39 is 29.3 Å². The highest BCUT2D eigenvalue weighted by Crippen LogP contribution is 2.42. The van der Waals surface area contributed by atoms with E-state index in [0.717, 1.165) is 0 Å². The molecule has 29 heavy (non-hydrogen) atoms. The number of amides is 1. The molecular weight excluding hydrogens is 377 g/mol. The van der Waals surface area contributed by atoms with Crippen molar-refractivity contribution in [2.45, 2.75) is 6.04 Å². The van der Waals surface area contributed by atoms with E-state index in [9.17, 15) is 19.1 Å². The van der Waals surface area contributed by atoms with Crippen LogP contribution < -0.4 is 9.64 Å². The minimum Gasteiger partial charge on any atom is -0.503 e. The minimum atomic E-state index is -0.950. The molecule has 1 N–H and O–H groups in total. The summed E-state index contributed by atoms with van der Waals surface area (Å²) in [4.78, 5) is 27.2. The van der Waals surface area contributed by atoms with Crippen molar-refractivity contribution in [1.82, 2.24) is 0 Å². The lowest BCUT2D eigenvalue weighted by atomic mass is 9.95. The summed E-state index contributed by atoms with van der Waals surface area (Å²) in [5, 5.41) is 10.6. The number of hydrogen-bond acceptors (Lipinski definition) is 5. The first-order chi connectivity index (χ1) is 14.0. The Hall–Kier alpha value is -3.87. The Morgan fingerprint density at radius 1 is 1.10 bits per heavy atom. The number of furan rings is 1. The SMILES string of the molecule is COc1ccc(N2C(=O)C(O)=C(C(=O)c3ccco3)C2c2ccc(F)cc2)cc1. The van der Waals surface area contributed by atoms with Crippen LogP contribution in [0.3, 0.4) is 0 Å². The van der Waals surface area contributed by atoms with Gasteiger partial charge in [0.25, 0.3) is 5.91 Å². The second-order valence-corrected chi connectivity index (χ2v) is 6.40. The average molecular weight is 393 g/mol. The number of benzene rings is 2. The standard InChI is InChI=1S/C22H16FNO5/c1-28-16-10-8-15(9-11-16)24-19(13-4-6-14(23)7-5-13)18(21(26)22(24)27)20(25)17-3-2-12-29-17/h2-12,19,26H,1H3. The van der Waals surface area contributed by atoms with Crippen molar-refractivity contribution < 1.29 is 28.2 Å². The Balaban J connectivity index is 1.85. The van der Waals surface area contributed by atoms with Crippen LogP contribution in [0.5, 0.6) is 5.75 Å². The highest BCUT2D eigenvalue weighted by molar-refractivity contribution is 6.20. The highest BCUT2D eigenvalue weighted by Gasteiger charge is 2.45. The second-order valence-electron chi connectivity index (χ2n) is 6.40. The maximum Gasteiger partial charge on any atom is 0.294 e. The van der Waals surface area contributed by atoms with E-state index in [-0.39, 0.29) is 11.3 Å². The predicted molar refractivity (Wildman–Crippen MR) is 102 cm³/mol. The normalized spacial score (nSPS) is 16.4. The third-order valence-corrected chi connectivity index (χ3v) is 4.73. The molecule has 0 aliphatic carbocycles. The van der Waals surface area contributed by atoms with Gasteiger partial charge < -0.3 is 14.3 Å². The van der Waals surface area contributed by atoms with Crippen LogP contribution in [0, 0.1) is 5.82 Å². The number of methoxy groups -OCH3 is 1. The first-order valence-electron chi connectivity index (χ1n) is 8.75. The molecule has 1 unspecified atom stereocenters. The van der Waals surface area contributed by atoms with Gasteiger partial charge in [0.05, 0.1) is 25.0 Å². The summed E-state index contributed by atoms with van der Waals surface area (Å²) in [6.07, 6.45) is 1.33. The molecule has 0 spiro atoms. The maximum atomic E-state index is 13.5. The molecule has 6 nitrogen and oxygen atoms in total. The van der Waals surface area contributed by atoms with Crippen molar-refractivity contribution >= 4 is 17.4 Å². The second kappa shape index (κ2) is 7.27. The quantitative estimate of drug-likeness (QED) is 0.657. The molecule has 0 bridgehead atoms. The maximum absolute atomic E-state index is 13.5. The summed E-state index contributed by atoms with van der Waals surface area (Å²) in [7, 11) is 1.52. The Kier molecular flexibility index (Phi) is 4.64. The van der Waals surface area contributed by atoms with Crippen molar-refractivity contribution in [3.63, 3.8) is 0 Å². The summed E-state index contributed by atoms with van der Waals surface area (Å²) < 4.78 is 23.8. The van der Waals surface area contributed by atoms with Crippen LogP contribution in [0.15, 0.2) is 82.7 Å². The number of rotatable bonds is 5. The summed E-state index contributed by atoms with van der Waals surface area (Å²) in [5.41, 5.74) is 0.779. The number of aliphatic hydroxyl groups is 1. The lowest BCUT2D eigenvalue weighted by molar-refractivity contribution is -0.117. The smallest absolute Gasteiger partial charge is 0.294 e. The van der Waals surface area contributed by atoms with Crippen molar-refractivity contribution in [3.05, 3.63) is 95.4 Å². The van der Waals surface area contributed by atoms with Crippen LogP contribution in [-0.2, 0) is 4.79 Å². The molecule has 1 atom stereocenters. The van der Waals surface area contributed by atoms with Crippen LogP contribution in [0.4, 0.5) is 10.1 Å². The van der Waals surface area contributed by atoms with E-state index in [2.05, 4.69) is 0 Å². The molecular formula is C22H16FNO5. The monoisotopic (exact) mass is 393 g/mol. The molecule has 1 aromatic heterocycles. The van der Waals surface area contributed by atoms with Gasteiger partial charge >= 0.3 is 0 Å². The zero-order valence-corrected chi connectivity index (χ0v) is 15.3. The lowest BCUT2D eigenvalue weighted by Gasteiger charge is -2.27. The minimum absolute atomic E-state index is 0.0111. The van der Waals surface area contributed by atoms with Crippen LogP contribution >= 0.6 is 0 Å². The Morgan fingerprint density at radius 3 is 2.38 bits per heavy atom. The number of ketones is 1. The predicted octanol–water partition coefficient (Wildman–Crippen LogP) is 4.21. The molecule has 0 saturated heterocycles. The Labute approximate surface area is 165 Å². The van der Waals surface area contributed by atoms with Gasteiger partial charge in [-0.2, -0.15) is 0 Å². The Bertz CT molecular complexity index is 1090. The fraction of sp³-hybridized carbons (Fsp3) is 0.0909. The van der Waals surface area contributed by atoms with E-state index in [1.807, 2.05) is 0 Å². The number of hydrogen-bond donors (Lipinski definition) is 1. The fourth-order valence-electron chi connectivity index (χ4n) is 3.35. The molecule has 2 heterocycles. The number of halogens is 1. The topological polar surface area (TPSA) is 80.0 Å². The molecule has 2 aromatic carbocycles. The third-order valence-electron chi connectivity index (χ3n) is 4.73. The first-order valence-corrected chi connectivity index (χ1v) is 8.75. The van der Waals surface area contributed by atoms with Gasteiger partial charge in [-0.1, -0.05) is 12.1 Å². The number of carbonyl (C=O) groups is 2. The van der Waals surface area contributed by atoms with Crippen LogP contribution in [0.1, 0.15) is 22.2 Å². The van der Waals surface area contributed by atoms with Crippen molar-refractivity contribution in [3.8, 4) is 5.75 Å². The van der Waals surface area contributed by atoms with Crippen molar-refractivity contribution in [2.75, 3.05) is 12.0 Å². The summed E-state index contributed by atoms with van der Waals surface area (Å²) in [5.74, 6) is -1.91. The largest absolute Gasteiger partial charge is 0.503 e. The van der Waals surface area contributed by atoms with E-state index >= 15 is 0 Å². The summed E-state index contributed by atoms with van der Waals surface area (Å²) >= 11 is 0. The van der Waals surface area contributed by atoms with Crippen LogP contribution in [-0.4, -0.2) is 23.9 Å². The van der Waals surface area contributed by atoms with Crippen molar-refractivity contribution in [1.29, 1.82) is 0 Å². The molecule has 1 amide bonds. The average Bonchev–Trinajstić information content (AvgIpc) is 3.36. The number of Topliss-reactive ketones (excluding diaryl/α,β-unsaturated/α-hetero) is 1. The molecule has 1 aliphatic heterocycles. The van der Waals surface area contributed by atoms with Gasteiger partial charge in [-0.25, -0.2) is 4.39 Å². The molecule has 1 aliphatic rings. The van der Waals surface area contributed by atoms with Crippen LogP contribution in [0.25, 0.3) is 0 Å². The van der Waals surface area contributed by atoms with Crippen molar-refractivity contribution in [2.24, 2.45) is 0 Å². The number of carbonyl (C=O) groups excluding carboxylic acids is 2. The van der Waals surface area contributed by atoms with Gasteiger partial charge in [0, 0.05) is 5.69 Å². The molecule has 0 saturated carbocycles. The Morgan fingerprint density at radius 2 is 1.79 bits per heavy atom. The number of ether oxygens (including phenoxy) is 1. The molecule has 7 heteroatoms. The third kappa shape index (κ3) is 3.16. The molecule has 146 valence electrons. The van der Waals surface area contributed by atoms with Crippen LogP contribution in [0.2, 0.25) is 0 Å². The van der Waals surface area contributed by atoms with Gasteiger partial charge in [-0.3, -0.25) is 14.5 Å². The van der Waals surface area contributed by atoms with Gasteiger partial charge in [0.1, 0.15) is 11.6 Å². The lowest BCUT2D eigenvalue weighted by Crippen LogP contribution is -2.31. The fourth-order valence-corrected chi connectivity index (χ4v) is 3.35. The van der Waals surface area contributed by atoms with Gasteiger partial charge in [0.2, 0.25) is 5.78 Å². The number of nitrogens with zero attached hydrogens (tertiary/aromatic N) is 1. The summed E-state index contributed by atoms with van der Waals surface area (Å²) in [6.45, 7) is 0. The molecule has 0 radical (unpaired) electrons. The molecule has 3 aromatic rings. The number of aliphatic hydroxyl groups excluding tert-OH is 1. The van der Waals surface area contributed by atoms with Gasteiger partial charge in [-0.05, 0) is 54.1 Å². The van der Waals surface area contributed by atoms with E-state index in [0.29, 0.717) is 17.0 Å². The first kappa shape index (κ1) is 18.5. The molecule has 0 fully saturated rings. The van der Waals surface area contributed by atoms with E-state index in [4.69, 9.17) is 9.15 Å². The zero-order chi connectivity index (χ0) is 20.5. The number of anilines is 1. The highest BCUT2D eigenvalue weighted by atomic mass is 19.1. The van der Waals surface area contributed by atoms with E-state index in [1.165, 1.54) is 54.7 Å². The zero-order valence-electron chi connectivity index (χ0n) is 15.3.